The molecule has 304 valence electrons. The minimum atomic E-state index is -0.892. The fourth-order valence-electron chi connectivity index (χ4n) is 7.67. The lowest BCUT2D eigenvalue weighted by atomic mass is 9.85. The van der Waals surface area contributed by atoms with E-state index in [0.29, 0.717) is 13.1 Å². The number of nitrogens with zero attached hydrogens (tertiary/aromatic N) is 8. The molecular formula is C43H52N10O4S. The molecule has 2 saturated heterocycles. The molecule has 7 rings (SSSR count). The van der Waals surface area contributed by atoms with Gasteiger partial charge in [-0.15, -0.1) is 11.3 Å². The summed E-state index contributed by atoms with van der Waals surface area (Å²) in [7, 11) is 1.87. The summed E-state index contributed by atoms with van der Waals surface area (Å²) < 4.78 is 1.74. The minimum absolute atomic E-state index is 0.0193. The van der Waals surface area contributed by atoms with Crippen LogP contribution in [0.5, 0.6) is 0 Å². The van der Waals surface area contributed by atoms with Gasteiger partial charge in [-0.25, -0.2) is 4.98 Å². The van der Waals surface area contributed by atoms with E-state index >= 15 is 0 Å². The standard InChI is InChI=1S/C43H52N10O4S/c1-27(29-7-9-31(10-8-29)39-28(2)44-26-58-39)47-41(56)37-20-35(54)24-53(37)42(57)40(43(3,4)5)48-38(55)25-51-15-17-52(18-16-51)34-13-11-30(12-14-34)32-19-36(49-45-21-32)33-22-46-50(6)23-33/h7-14,19,21-23,26-27,35,37,40,54H,15-18,20,24-25H2,1-6H3,(H,47,56)(H,48,55)/t27?,35-,37+,40?/m1/s1. The summed E-state index contributed by atoms with van der Waals surface area (Å²) in [6.07, 6.45) is 4.72. The molecule has 58 heavy (non-hydrogen) atoms. The molecular weight excluding hydrogens is 753 g/mol. The van der Waals surface area contributed by atoms with Gasteiger partial charge in [-0.3, -0.25) is 24.0 Å². The van der Waals surface area contributed by atoms with Gasteiger partial charge in [0, 0.05) is 69.2 Å². The van der Waals surface area contributed by atoms with Crippen LogP contribution in [-0.2, 0) is 21.4 Å². The summed E-state index contributed by atoms with van der Waals surface area (Å²) in [6, 6.07) is 16.3. The van der Waals surface area contributed by atoms with Crippen LogP contribution in [0.1, 0.15) is 51.4 Å². The Balaban J connectivity index is 0.922. The number of piperazine rings is 1. The Hall–Kier alpha value is -5.51. The molecule has 0 aliphatic carbocycles. The average Bonchev–Trinajstić information content (AvgIpc) is 3.96. The Kier molecular flexibility index (Phi) is 12.0. The van der Waals surface area contributed by atoms with Gasteiger partial charge in [0.15, 0.2) is 0 Å². The number of hydrogen-bond acceptors (Lipinski definition) is 11. The smallest absolute Gasteiger partial charge is 0.246 e. The van der Waals surface area contributed by atoms with Crippen molar-refractivity contribution in [2.45, 2.75) is 65.3 Å². The number of aliphatic hydroxyl groups excluding tert-OH is 1. The highest BCUT2D eigenvalue weighted by Gasteiger charge is 2.45. The first-order valence-electron chi connectivity index (χ1n) is 19.7. The lowest BCUT2D eigenvalue weighted by Crippen LogP contribution is -2.59. The zero-order valence-corrected chi connectivity index (χ0v) is 34.7. The van der Waals surface area contributed by atoms with Gasteiger partial charge in [0.1, 0.15) is 12.1 Å². The number of likely N-dealkylation sites (tertiary alicyclic amines) is 1. The SMILES string of the molecule is Cc1ncsc1-c1ccc(C(C)NC(=O)[C@@H]2C[C@@H](O)CN2C(=O)C(NC(=O)CN2CCN(c3ccc(-c4cnnc(-c5cnn(C)c5)c4)cc3)CC2)C(C)(C)C)cc1. The summed E-state index contributed by atoms with van der Waals surface area (Å²) >= 11 is 1.59. The fourth-order valence-corrected chi connectivity index (χ4v) is 8.48. The van der Waals surface area contributed by atoms with E-state index in [1.807, 2.05) is 83.7 Å². The number of rotatable bonds is 11. The molecule has 4 atom stereocenters. The average molecular weight is 805 g/mol. The molecule has 2 aromatic carbocycles. The molecule has 0 radical (unpaired) electrons. The third-order valence-corrected chi connectivity index (χ3v) is 12.0. The van der Waals surface area contributed by atoms with E-state index in [1.54, 1.807) is 28.4 Å². The van der Waals surface area contributed by atoms with E-state index in [-0.39, 0.29) is 43.3 Å². The first-order valence-corrected chi connectivity index (χ1v) is 20.6. The molecule has 0 saturated carbocycles. The zero-order chi connectivity index (χ0) is 41.1. The number of anilines is 1. The summed E-state index contributed by atoms with van der Waals surface area (Å²) in [5, 5.41) is 29.5. The van der Waals surface area contributed by atoms with Crippen molar-refractivity contribution in [3.63, 3.8) is 0 Å². The molecule has 0 spiro atoms. The minimum Gasteiger partial charge on any atom is -0.391 e. The highest BCUT2D eigenvalue weighted by molar-refractivity contribution is 7.13. The van der Waals surface area contributed by atoms with E-state index in [1.165, 1.54) is 4.90 Å². The van der Waals surface area contributed by atoms with Crippen molar-refractivity contribution in [2.24, 2.45) is 12.5 Å². The molecule has 2 unspecified atom stereocenters. The summed E-state index contributed by atoms with van der Waals surface area (Å²) in [4.78, 5) is 52.7. The zero-order valence-electron chi connectivity index (χ0n) is 33.9. The van der Waals surface area contributed by atoms with Gasteiger partial charge in [-0.05, 0) is 54.2 Å². The molecule has 2 aliphatic heterocycles. The molecule has 0 bridgehead atoms. The molecule has 5 heterocycles. The van der Waals surface area contributed by atoms with Crippen molar-refractivity contribution in [1.29, 1.82) is 0 Å². The number of amides is 3. The molecule has 14 nitrogen and oxygen atoms in total. The molecule has 2 aliphatic rings. The van der Waals surface area contributed by atoms with Crippen molar-refractivity contribution in [1.82, 2.24) is 45.4 Å². The lowest BCUT2D eigenvalue weighted by molar-refractivity contribution is -0.144. The second-order valence-electron chi connectivity index (χ2n) is 16.4. The highest BCUT2D eigenvalue weighted by atomic mass is 32.1. The fraction of sp³-hybridized carbons (Fsp3) is 0.419. The van der Waals surface area contributed by atoms with Crippen LogP contribution in [0.2, 0.25) is 0 Å². The maximum atomic E-state index is 14.2. The van der Waals surface area contributed by atoms with Crippen molar-refractivity contribution in [2.75, 3.05) is 44.2 Å². The Labute approximate surface area is 343 Å². The van der Waals surface area contributed by atoms with E-state index in [4.69, 9.17) is 0 Å². The van der Waals surface area contributed by atoms with Crippen LogP contribution in [0.15, 0.2) is 78.7 Å². The topological polar surface area (TPSA) is 162 Å². The number of benzene rings is 2. The third kappa shape index (κ3) is 9.27. The molecule has 3 amide bonds. The molecule has 5 aromatic rings. The van der Waals surface area contributed by atoms with E-state index in [0.717, 1.165) is 62.9 Å². The van der Waals surface area contributed by atoms with Crippen molar-refractivity contribution in [3.8, 4) is 32.8 Å². The van der Waals surface area contributed by atoms with Gasteiger partial charge >= 0.3 is 0 Å². The van der Waals surface area contributed by atoms with Gasteiger partial charge in [-0.1, -0.05) is 57.2 Å². The second-order valence-corrected chi connectivity index (χ2v) is 17.3. The van der Waals surface area contributed by atoms with Gasteiger partial charge in [0.25, 0.3) is 0 Å². The largest absolute Gasteiger partial charge is 0.391 e. The van der Waals surface area contributed by atoms with E-state index in [2.05, 4.69) is 65.0 Å². The summed E-state index contributed by atoms with van der Waals surface area (Å²) in [5.41, 5.74) is 8.92. The number of thiazole rings is 1. The van der Waals surface area contributed by atoms with E-state index in [9.17, 15) is 19.5 Å². The normalized spacial score (nSPS) is 18.5. The molecule has 3 aromatic heterocycles. The van der Waals surface area contributed by atoms with Crippen LogP contribution in [0, 0.1) is 12.3 Å². The number of nitrogens with one attached hydrogen (secondary N) is 2. The number of aromatic nitrogens is 5. The Morgan fingerprint density at radius 1 is 0.931 bits per heavy atom. The van der Waals surface area contributed by atoms with Crippen molar-refractivity contribution < 1.29 is 19.5 Å². The van der Waals surface area contributed by atoms with E-state index < -0.39 is 23.6 Å². The quantitative estimate of drug-likeness (QED) is 0.174. The van der Waals surface area contributed by atoms with Gasteiger partial charge in [0.05, 0.1) is 52.9 Å². The molecule has 15 heteroatoms. The van der Waals surface area contributed by atoms with Crippen LogP contribution in [0.25, 0.3) is 32.8 Å². The van der Waals surface area contributed by atoms with Crippen LogP contribution in [-0.4, -0.2) is 115 Å². The monoisotopic (exact) mass is 804 g/mol. The summed E-state index contributed by atoms with van der Waals surface area (Å²) in [5.74, 6) is -0.969. The summed E-state index contributed by atoms with van der Waals surface area (Å²) in [6.45, 7) is 12.6. The number of β-amino-alcohol motifs (C(OH)–C–C–N with tert-alkyl or cyclic N) is 1. The number of carbonyl (C=O) groups excluding carboxylic acids is 3. The maximum absolute atomic E-state index is 14.2. The predicted molar refractivity (Wildman–Crippen MR) is 225 cm³/mol. The lowest BCUT2D eigenvalue weighted by Gasteiger charge is -2.37. The van der Waals surface area contributed by atoms with Crippen LogP contribution in [0.3, 0.4) is 0 Å². The van der Waals surface area contributed by atoms with Crippen LogP contribution < -0.4 is 15.5 Å². The maximum Gasteiger partial charge on any atom is 0.246 e. The first-order chi connectivity index (χ1) is 27.7. The highest BCUT2D eigenvalue weighted by Crippen LogP contribution is 2.30. The first kappa shape index (κ1) is 40.7. The third-order valence-electron chi connectivity index (χ3n) is 11.0. The second kappa shape index (κ2) is 17.1. The Morgan fingerprint density at radius 2 is 1.64 bits per heavy atom. The van der Waals surface area contributed by atoms with Gasteiger partial charge < -0.3 is 25.5 Å². The van der Waals surface area contributed by atoms with Crippen LogP contribution in [0.4, 0.5) is 5.69 Å². The van der Waals surface area contributed by atoms with Crippen LogP contribution >= 0.6 is 11.3 Å². The van der Waals surface area contributed by atoms with Gasteiger partial charge in [-0.2, -0.15) is 15.3 Å². The number of carbonyl (C=O) groups is 3. The van der Waals surface area contributed by atoms with Crippen molar-refractivity contribution in [3.05, 3.63) is 90.0 Å². The Bertz CT molecular complexity index is 2220. The van der Waals surface area contributed by atoms with Gasteiger partial charge in [0.2, 0.25) is 17.7 Å². The predicted octanol–water partition coefficient (Wildman–Crippen LogP) is 4.47. The van der Waals surface area contributed by atoms with Crippen molar-refractivity contribution >= 4 is 34.7 Å². The number of aliphatic hydroxyl groups is 1. The number of hydrogen-bond donors (Lipinski definition) is 3. The molecule has 2 fully saturated rings. The molecule has 3 N–H and O–H groups in total. The number of aryl methyl sites for hydroxylation is 2. The Morgan fingerprint density at radius 3 is 2.28 bits per heavy atom.